The van der Waals surface area contributed by atoms with Crippen molar-refractivity contribution in [3.63, 3.8) is 0 Å². The van der Waals surface area contributed by atoms with E-state index >= 15 is 0 Å². The van der Waals surface area contributed by atoms with Crippen molar-refractivity contribution in [3.05, 3.63) is 90.5 Å². The zero-order valence-corrected chi connectivity index (χ0v) is 22.3. The molecule has 3 aromatic carbocycles. The predicted octanol–water partition coefficient (Wildman–Crippen LogP) is 5.26. The van der Waals surface area contributed by atoms with Crippen LogP contribution in [0.4, 0.5) is 0 Å². The number of rotatable bonds is 10. The van der Waals surface area contributed by atoms with E-state index in [2.05, 4.69) is 0 Å². The molecule has 0 radical (unpaired) electrons. The Balaban J connectivity index is 1.59. The number of ether oxygens (including phenoxy) is 3. The Morgan fingerprint density at radius 3 is 2.29 bits per heavy atom. The van der Waals surface area contributed by atoms with E-state index in [9.17, 15) is 8.42 Å². The Hall–Kier alpha value is -3.66. The number of methoxy groups -OCH3 is 1. The summed E-state index contributed by atoms with van der Waals surface area (Å²) in [6, 6.07) is 25.6. The van der Waals surface area contributed by atoms with Crippen molar-refractivity contribution in [2.45, 2.75) is 30.4 Å². The van der Waals surface area contributed by atoms with Gasteiger partial charge in [-0.15, -0.1) is 0 Å². The molecule has 1 fully saturated rings. The second kappa shape index (κ2) is 11.4. The minimum Gasteiger partial charge on any atom is -0.497 e. The highest BCUT2D eigenvalue weighted by molar-refractivity contribution is 7.89. The van der Waals surface area contributed by atoms with Crippen molar-refractivity contribution >= 4 is 10.0 Å². The van der Waals surface area contributed by atoms with Crippen molar-refractivity contribution in [2.75, 3.05) is 20.3 Å². The van der Waals surface area contributed by atoms with Gasteiger partial charge in [-0.1, -0.05) is 48.5 Å². The molecule has 0 N–H and O–H groups in total. The zero-order chi connectivity index (χ0) is 26.5. The third-order valence-electron chi connectivity index (χ3n) is 6.56. The predicted molar refractivity (Wildman–Crippen MR) is 145 cm³/mol. The van der Waals surface area contributed by atoms with E-state index in [1.807, 2.05) is 60.7 Å². The second-order valence-electron chi connectivity index (χ2n) is 9.15. The molecule has 0 bridgehead atoms. The molecule has 9 heteroatoms. The lowest BCUT2D eigenvalue weighted by Crippen LogP contribution is -2.37. The molecule has 0 amide bonds. The zero-order valence-electron chi connectivity index (χ0n) is 21.5. The van der Waals surface area contributed by atoms with Crippen LogP contribution in [0.2, 0.25) is 0 Å². The van der Waals surface area contributed by atoms with Crippen LogP contribution in [-0.4, -0.2) is 48.9 Å². The summed E-state index contributed by atoms with van der Waals surface area (Å²) in [5.41, 5.74) is 2.22. The van der Waals surface area contributed by atoms with E-state index in [1.165, 1.54) is 4.31 Å². The Morgan fingerprint density at radius 2 is 1.66 bits per heavy atom. The van der Waals surface area contributed by atoms with E-state index in [-0.39, 0.29) is 24.1 Å². The maximum absolute atomic E-state index is 14.0. The Labute approximate surface area is 223 Å². The fraction of sp³-hybridized carbons (Fsp3) is 0.276. The maximum Gasteiger partial charge on any atom is 0.243 e. The van der Waals surface area contributed by atoms with Gasteiger partial charge in [-0.25, -0.2) is 13.1 Å². The summed E-state index contributed by atoms with van der Waals surface area (Å²) in [4.78, 5) is 0.187. The molecule has 2 heterocycles. The molecule has 5 rings (SSSR count). The van der Waals surface area contributed by atoms with Crippen molar-refractivity contribution in [2.24, 2.45) is 7.05 Å². The van der Waals surface area contributed by atoms with Crippen molar-refractivity contribution in [3.8, 4) is 28.6 Å². The van der Waals surface area contributed by atoms with Crippen LogP contribution in [0, 0.1) is 0 Å². The lowest BCUT2D eigenvalue weighted by Gasteiger charge is -2.25. The highest BCUT2D eigenvalue weighted by Crippen LogP contribution is 2.35. The Bertz CT molecular complexity index is 1450. The summed E-state index contributed by atoms with van der Waals surface area (Å²) in [7, 11) is -0.533. The molecule has 198 valence electrons. The quantitative estimate of drug-likeness (QED) is 0.277. The molecule has 8 nitrogen and oxygen atoms in total. The van der Waals surface area contributed by atoms with Gasteiger partial charge in [0.15, 0.2) is 0 Å². The van der Waals surface area contributed by atoms with E-state index in [0.717, 1.165) is 18.4 Å². The molecule has 0 aliphatic carbocycles. The van der Waals surface area contributed by atoms with Gasteiger partial charge in [-0.2, -0.15) is 9.40 Å². The number of para-hydroxylation sites is 1. The van der Waals surface area contributed by atoms with Crippen LogP contribution in [0.1, 0.15) is 18.4 Å². The summed E-state index contributed by atoms with van der Waals surface area (Å²) in [6.07, 6.45) is 1.53. The number of hydrogen-bond acceptors (Lipinski definition) is 6. The van der Waals surface area contributed by atoms with Crippen molar-refractivity contribution < 1.29 is 22.6 Å². The fourth-order valence-electron chi connectivity index (χ4n) is 4.59. The minimum absolute atomic E-state index is 0.0639. The van der Waals surface area contributed by atoms with Gasteiger partial charge in [0.05, 0.1) is 23.7 Å². The molecule has 1 aliphatic rings. The Kier molecular flexibility index (Phi) is 7.78. The molecule has 1 aliphatic heterocycles. The van der Waals surface area contributed by atoms with Gasteiger partial charge in [-0.3, -0.25) is 0 Å². The summed E-state index contributed by atoms with van der Waals surface area (Å²) < 4.78 is 48.5. The van der Waals surface area contributed by atoms with E-state index in [1.54, 1.807) is 43.1 Å². The molecule has 1 saturated heterocycles. The number of benzene rings is 3. The smallest absolute Gasteiger partial charge is 0.243 e. The van der Waals surface area contributed by atoms with Crippen LogP contribution < -0.4 is 9.47 Å². The molecular weight excluding hydrogens is 502 g/mol. The largest absolute Gasteiger partial charge is 0.497 e. The third kappa shape index (κ3) is 5.60. The van der Waals surface area contributed by atoms with Crippen LogP contribution in [0.5, 0.6) is 17.4 Å². The van der Waals surface area contributed by atoms with Gasteiger partial charge in [0.2, 0.25) is 15.9 Å². The normalized spacial score (nSPS) is 15.6. The van der Waals surface area contributed by atoms with Gasteiger partial charge in [-0.05, 0) is 49.2 Å². The van der Waals surface area contributed by atoms with Crippen molar-refractivity contribution in [1.29, 1.82) is 0 Å². The van der Waals surface area contributed by atoms with E-state index in [4.69, 9.17) is 19.3 Å². The maximum atomic E-state index is 14.0. The van der Waals surface area contributed by atoms with Crippen LogP contribution in [-0.2, 0) is 28.4 Å². The SMILES string of the molecule is COc1ccc(S(=O)(=O)N(Cc2c(-c3ccccc3)nn(C)c2Oc2ccccc2)C[C@@H]2CCCO2)cc1. The van der Waals surface area contributed by atoms with Crippen molar-refractivity contribution in [1.82, 2.24) is 14.1 Å². The van der Waals surface area contributed by atoms with Crippen LogP contribution >= 0.6 is 0 Å². The number of sulfonamides is 1. The first-order valence-corrected chi connectivity index (χ1v) is 14.0. The number of aromatic nitrogens is 2. The van der Waals surface area contributed by atoms with Crippen LogP contribution in [0.25, 0.3) is 11.3 Å². The number of hydrogen-bond donors (Lipinski definition) is 0. The van der Waals surface area contributed by atoms with E-state index in [0.29, 0.717) is 35.2 Å². The first kappa shape index (κ1) is 26.0. The molecular formula is C29H31N3O5S. The number of nitrogens with zero attached hydrogens (tertiary/aromatic N) is 3. The topological polar surface area (TPSA) is 82.9 Å². The number of aryl methyl sites for hydroxylation is 1. The second-order valence-corrected chi connectivity index (χ2v) is 11.1. The molecule has 38 heavy (non-hydrogen) atoms. The van der Waals surface area contributed by atoms with E-state index < -0.39 is 10.0 Å². The highest BCUT2D eigenvalue weighted by atomic mass is 32.2. The van der Waals surface area contributed by atoms with Gasteiger partial charge in [0, 0.05) is 32.3 Å². The average Bonchev–Trinajstić information content (AvgIpc) is 3.57. The van der Waals surface area contributed by atoms with Gasteiger partial charge >= 0.3 is 0 Å². The summed E-state index contributed by atoms with van der Waals surface area (Å²) in [5.74, 6) is 1.71. The van der Waals surface area contributed by atoms with Crippen LogP contribution in [0.15, 0.2) is 89.8 Å². The summed E-state index contributed by atoms with van der Waals surface area (Å²) in [6.45, 7) is 0.919. The summed E-state index contributed by atoms with van der Waals surface area (Å²) >= 11 is 0. The third-order valence-corrected chi connectivity index (χ3v) is 8.38. The molecule has 0 unspecified atom stereocenters. The van der Waals surface area contributed by atoms with Gasteiger partial charge in [0.25, 0.3) is 0 Å². The van der Waals surface area contributed by atoms with Crippen LogP contribution in [0.3, 0.4) is 0 Å². The lowest BCUT2D eigenvalue weighted by atomic mass is 10.1. The summed E-state index contributed by atoms with van der Waals surface area (Å²) in [5, 5.41) is 4.76. The lowest BCUT2D eigenvalue weighted by molar-refractivity contribution is 0.0925. The standard InChI is InChI=1S/C29H31N3O5S/c1-31-29(37-24-12-7-4-8-13-24)27(28(30-31)22-10-5-3-6-11-22)21-32(20-25-14-9-19-36-25)38(33,34)26-17-15-23(35-2)16-18-26/h3-8,10-13,15-18,25H,9,14,19-21H2,1-2H3/t25-/m0/s1. The molecule has 0 saturated carbocycles. The molecule has 4 aromatic rings. The molecule has 0 spiro atoms. The monoisotopic (exact) mass is 533 g/mol. The average molecular weight is 534 g/mol. The van der Waals surface area contributed by atoms with Gasteiger partial charge < -0.3 is 14.2 Å². The fourth-order valence-corrected chi connectivity index (χ4v) is 6.03. The Morgan fingerprint density at radius 1 is 0.974 bits per heavy atom. The molecule has 1 aromatic heterocycles. The first-order valence-electron chi connectivity index (χ1n) is 12.6. The first-order chi connectivity index (χ1) is 18.5. The minimum atomic E-state index is -3.89. The molecule has 1 atom stereocenters. The van der Waals surface area contributed by atoms with Gasteiger partial charge in [0.1, 0.15) is 17.2 Å². The highest BCUT2D eigenvalue weighted by Gasteiger charge is 2.32.